The molecule has 0 aromatic carbocycles. The van der Waals surface area contributed by atoms with Crippen molar-refractivity contribution in [1.29, 1.82) is 10.5 Å². The fourth-order valence-electron chi connectivity index (χ4n) is 1.75. The number of H-pyrrole nitrogens is 1. The second kappa shape index (κ2) is 4.11. The molecule has 0 radical (unpaired) electrons. The quantitative estimate of drug-likeness (QED) is 0.751. The Hall–Kier alpha value is -2.60. The van der Waals surface area contributed by atoms with Gasteiger partial charge in [0.05, 0.1) is 0 Å². The molecule has 1 aliphatic rings. The minimum absolute atomic E-state index is 0.0114. The van der Waals surface area contributed by atoms with Crippen LogP contribution in [0, 0.1) is 28.6 Å². The van der Waals surface area contributed by atoms with Gasteiger partial charge in [0, 0.05) is 18.9 Å². The van der Waals surface area contributed by atoms with E-state index in [-0.39, 0.29) is 29.2 Å². The van der Waals surface area contributed by atoms with Gasteiger partial charge in [-0.1, -0.05) is 6.08 Å². The molecule has 2 rings (SSSR count). The van der Waals surface area contributed by atoms with Gasteiger partial charge in [-0.05, 0) is 0 Å². The number of amides is 1. The van der Waals surface area contributed by atoms with E-state index in [0.29, 0.717) is 13.0 Å². The Morgan fingerprint density at radius 1 is 1.53 bits per heavy atom. The maximum Gasteiger partial charge on any atom is 0.229 e. The fourth-order valence-corrected chi connectivity index (χ4v) is 1.75. The van der Waals surface area contributed by atoms with Gasteiger partial charge in [0.2, 0.25) is 11.9 Å². The highest BCUT2D eigenvalue weighted by atomic mass is 16.2. The summed E-state index contributed by atoms with van der Waals surface area (Å²) in [5.41, 5.74) is 0.0923. The van der Waals surface area contributed by atoms with Gasteiger partial charge in [-0.15, -0.1) is 6.58 Å². The van der Waals surface area contributed by atoms with Crippen LogP contribution in [-0.4, -0.2) is 22.4 Å². The number of hydrogen-bond acceptors (Lipinski definition) is 4. The van der Waals surface area contributed by atoms with Gasteiger partial charge in [0.1, 0.15) is 12.1 Å². The number of nitriles is 2. The number of anilines is 1. The smallest absolute Gasteiger partial charge is 0.229 e. The molecule has 1 fully saturated rings. The van der Waals surface area contributed by atoms with Crippen LogP contribution in [0.2, 0.25) is 0 Å². The van der Waals surface area contributed by atoms with Gasteiger partial charge in [-0.2, -0.15) is 10.5 Å². The highest BCUT2D eigenvalue weighted by Crippen LogP contribution is 2.24. The summed E-state index contributed by atoms with van der Waals surface area (Å²) in [6.07, 6.45) is 2.10. The van der Waals surface area contributed by atoms with E-state index in [9.17, 15) is 4.79 Å². The average molecular weight is 227 g/mol. The molecule has 2 heterocycles. The summed E-state index contributed by atoms with van der Waals surface area (Å²) < 4.78 is 0. The Morgan fingerprint density at radius 2 is 2.29 bits per heavy atom. The standard InChI is InChI=1S/C11H9N5O/c1-2-7-3-10(17)16(6-7)11-14-8(4-12)9(5-13)15-11/h2,7H,1,3,6H2,(H,14,15). The molecule has 0 saturated carbocycles. The monoisotopic (exact) mass is 227 g/mol. The van der Waals surface area contributed by atoms with Gasteiger partial charge >= 0.3 is 0 Å². The van der Waals surface area contributed by atoms with Crippen LogP contribution in [0.3, 0.4) is 0 Å². The molecule has 1 N–H and O–H groups in total. The van der Waals surface area contributed by atoms with Gasteiger partial charge < -0.3 is 4.98 Å². The molecule has 1 unspecified atom stereocenters. The zero-order valence-electron chi connectivity index (χ0n) is 8.97. The summed E-state index contributed by atoms with van der Waals surface area (Å²) in [6.45, 7) is 4.12. The maximum absolute atomic E-state index is 11.7. The Balaban J connectivity index is 2.33. The number of imidazole rings is 1. The van der Waals surface area contributed by atoms with Crippen LogP contribution in [-0.2, 0) is 4.79 Å². The van der Waals surface area contributed by atoms with Crippen molar-refractivity contribution in [1.82, 2.24) is 9.97 Å². The lowest BCUT2D eigenvalue weighted by Crippen LogP contribution is -2.25. The summed E-state index contributed by atoms with van der Waals surface area (Å²) in [7, 11) is 0. The van der Waals surface area contributed by atoms with Gasteiger partial charge in [0.25, 0.3) is 0 Å². The zero-order chi connectivity index (χ0) is 12.4. The van der Waals surface area contributed by atoms with Crippen molar-refractivity contribution in [2.45, 2.75) is 6.42 Å². The maximum atomic E-state index is 11.7. The van der Waals surface area contributed by atoms with E-state index >= 15 is 0 Å². The van der Waals surface area contributed by atoms with E-state index in [0.717, 1.165) is 0 Å². The first-order valence-corrected chi connectivity index (χ1v) is 5.02. The third-order valence-electron chi connectivity index (χ3n) is 2.65. The Kier molecular flexibility index (Phi) is 2.63. The first-order chi connectivity index (χ1) is 8.19. The van der Waals surface area contributed by atoms with Crippen LogP contribution < -0.4 is 4.90 Å². The van der Waals surface area contributed by atoms with Gasteiger partial charge in [-0.25, -0.2) is 4.98 Å². The number of aromatic nitrogens is 2. The van der Waals surface area contributed by atoms with Crippen molar-refractivity contribution >= 4 is 11.9 Å². The molecule has 0 spiro atoms. The topological polar surface area (TPSA) is 96.6 Å². The molecule has 1 saturated heterocycles. The highest BCUT2D eigenvalue weighted by Gasteiger charge is 2.31. The lowest BCUT2D eigenvalue weighted by molar-refractivity contribution is -0.117. The Bertz CT molecular complexity index is 528. The van der Waals surface area contributed by atoms with E-state index in [1.54, 1.807) is 6.08 Å². The van der Waals surface area contributed by atoms with Crippen LogP contribution in [0.25, 0.3) is 0 Å². The van der Waals surface area contributed by atoms with Crippen molar-refractivity contribution in [2.24, 2.45) is 5.92 Å². The van der Waals surface area contributed by atoms with Crippen molar-refractivity contribution < 1.29 is 4.79 Å². The summed E-state index contributed by atoms with van der Waals surface area (Å²) >= 11 is 0. The first-order valence-electron chi connectivity index (χ1n) is 5.02. The Labute approximate surface area is 97.8 Å². The first kappa shape index (κ1) is 10.9. The summed E-state index contributed by atoms with van der Waals surface area (Å²) in [6, 6.07) is 3.64. The molecule has 84 valence electrons. The lowest BCUT2D eigenvalue weighted by atomic mass is 10.1. The SMILES string of the molecule is C=CC1CC(=O)N(c2nc(C#N)c(C#N)[nH]2)C1. The summed E-state index contributed by atoms with van der Waals surface area (Å²) in [5.74, 6) is 0.258. The van der Waals surface area contributed by atoms with E-state index in [2.05, 4.69) is 16.5 Å². The molecule has 6 heteroatoms. The van der Waals surface area contributed by atoms with E-state index in [1.165, 1.54) is 4.90 Å². The normalized spacial score (nSPS) is 18.8. The number of nitrogens with zero attached hydrogens (tertiary/aromatic N) is 4. The molecule has 0 bridgehead atoms. The molecule has 6 nitrogen and oxygen atoms in total. The number of aromatic amines is 1. The predicted molar refractivity (Wildman–Crippen MR) is 58.7 cm³/mol. The second-order valence-electron chi connectivity index (χ2n) is 3.71. The molecular formula is C11H9N5O. The number of rotatable bonds is 2. The average Bonchev–Trinajstić information content (AvgIpc) is 2.91. The number of nitrogens with one attached hydrogen (secondary N) is 1. The second-order valence-corrected chi connectivity index (χ2v) is 3.71. The van der Waals surface area contributed by atoms with Crippen LogP contribution in [0.4, 0.5) is 5.95 Å². The van der Waals surface area contributed by atoms with Crippen LogP contribution in [0.5, 0.6) is 0 Å². The zero-order valence-corrected chi connectivity index (χ0v) is 8.97. The minimum atomic E-state index is -0.0855. The van der Waals surface area contributed by atoms with Crippen molar-refractivity contribution in [3.63, 3.8) is 0 Å². The van der Waals surface area contributed by atoms with Crippen molar-refractivity contribution in [2.75, 3.05) is 11.4 Å². The predicted octanol–water partition coefficient (Wildman–Crippen LogP) is 0.692. The van der Waals surface area contributed by atoms with E-state index in [1.807, 2.05) is 12.1 Å². The number of carbonyl (C=O) groups is 1. The lowest BCUT2D eigenvalue weighted by Gasteiger charge is -2.11. The minimum Gasteiger partial charge on any atom is -0.314 e. The molecule has 17 heavy (non-hydrogen) atoms. The van der Waals surface area contributed by atoms with Crippen LogP contribution in [0.15, 0.2) is 12.7 Å². The molecule has 1 aromatic rings. The molecule has 1 atom stereocenters. The van der Waals surface area contributed by atoms with Gasteiger partial charge in [0.15, 0.2) is 11.4 Å². The third-order valence-corrected chi connectivity index (χ3v) is 2.65. The molecule has 1 amide bonds. The van der Waals surface area contributed by atoms with E-state index < -0.39 is 0 Å². The molecule has 0 aliphatic carbocycles. The molecule has 1 aromatic heterocycles. The number of hydrogen-bond donors (Lipinski definition) is 1. The summed E-state index contributed by atoms with van der Waals surface area (Å²) in [5, 5.41) is 17.5. The molecule has 1 aliphatic heterocycles. The van der Waals surface area contributed by atoms with Crippen molar-refractivity contribution in [3.8, 4) is 12.1 Å². The van der Waals surface area contributed by atoms with Gasteiger partial charge in [-0.3, -0.25) is 9.69 Å². The van der Waals surface area contributed by atoms with E-state index in [4.69, 9.17) is 10.5 Å². The largest absolute Gasteiger partial charge is 0.314 e. The summed E-state index contributed by atoms with van der Waals surface area (Å²) in [4.78, 5) is 19.7. The van der Waals surface area contributed by atoms with Crippen LogP contribution >= 0.6 is 0 Å². The molecular weight excluding hydrogens is 218 g/mol. The third kappa shape index (κ3) is 1.77. The van der Waals surface area contributed by atoms with Crippen LogP contribution in [0.1, 0.15) is 17.8 Å². The fraction of sp³-hybridized carbons (Fsp3) is 0.273. The Morgan fingerprint density at radius 3 is 2.76 bits per heavy atom. The highest BCUT2D eigenvalue weighted by molar-refractivity contribution is 5.94. The number of carbonyl (C=O) groups excluding carboxylic acids is 1. The van der Waals surface area contributed by atoms with Crippen molar-refractivity contribution in [3.05, 3.63) is 24.0 Å².